The van der Waals surface area contributed by atoms with E-state index in [0.29, 0.717) is 11.8 Å². The average Bonchev–Trinajstić information content (AvgIpc) is 3.58. The molecule has 5 nitrogen and oxygen atoms in total. The Labute approximate surface area is 210 Å². The van der Waals surface area contributed by atoms with Crippen molar-refractivity contribution in [3.05, 3.63) is 35.9 Å². The SMILES string of the molecule is C=C[C@]12C[C@H]([C@](C)(O)C(C)(C)CC)[C@@H](OC)[C@@H]3Oc4c(O)ccc5c4[C@@]31CCN(CC1CC1)[C@@H]2C5. The maximum absolute atomic E-state index is 12.2. The summed E-state index contributed by atoms with van der Waals surface area (Å²) in [6.07, 6.45) is 7.92. The fraction of sp³-hybridized carbons (Fsp3) is 0.733. The van der Waals surface area contributed by atoms with Gasteiger partial charge in [0, 0.05) is 36.6 Å². The molecule has 1 aromatic carbocycles. The molecule has 1 saturated heterocycles. The standard InChI is InChI=1S/C30H43NO4/c1-7-27(3,4)28(5,33)20-16-29(8-2)22-15-19-11-12-21(32)25-23(19)30(29,26(35-25)24(20)34-6)13-14-31(22)17-18-9-10-18/h8,11-12,18,20,22,24,26,32-33H,2,7,9-10,13-17H2,1,3-6H3/t20-,22+,24+,26-,28-,29+,30-/m0/s1. The van der Waals surface area contributed by atoms with E-state index in [9.17, 15) is 10.2 Å². The first-order chi connectivity index (χ1) is 16.6. The van der Waals surface area contributed by atoms with Crippen molar-refractivity contribution in [2.45, 2.75) is 95.5 Å². The summed E-state index contributed by atoms with van der Waals surface area (Å²) < 4.78 is 13.1. The Morgan fingerprint density at radius 2 is 2.03 bits per heavy atom. The summed E-state index contributed by atoms with van der Waals surface area (Å²) in [4.78, 5) is 2.74. The van der Waals surface area contributed by atoms with Crippen molar-refractivity contribution in [2.75, 3.05) is 20.2 Å². The Hall–Kier alpha value is -1.56. The van der Waals surface area contributed by atoms with Gasteiger partial charge in [-0.05, 0) is 75.0 Å². The number of hydrogen-bond acceptors (Lipinski definition) is 5. The predicted octanol–water partition coefficient (Wildman–Crippen LogP) is 4.83. The predicted molar refractivity (Wildman–Crippen MR) is 137 cm³/mol. The molecule has 2 saturated carbocycles. The highest BCUT2D eigenvalue weighted by Gasteiger charge is 2.75. The lowest BCUT2D eigenvalue weighted by Crippen LogP contribution is -2.76. The van der Waals surface area contributed by atoms with Crippen LogP contribution in [-0.4, -0.2) is 59.2 Å². The first-order valence-electron chi connectivity index (χ1n) is 13.7. The molecule has 0 unspecified atom stereocenters. The van der Waals surface area contributed by atoms with Gasteiger partial charge in [-0.15, -0.1) is 6.58 Å². The second kappa shape index (κ2) is 7.49. The van der Waals surface area contributed by atoms with Gasteiger partial charge in [-0.25, -0.2) is 0 Å². The molecule has 192 valence electrons. The number of aromatic hydroxyl groups is 1. The van der Waals surface area contributed by atoms with Crippen LogP contribution in [0.15, 0.2) is 24.8 Å². The van der Waals surface area contributed by atoms with Gasteiger partial charge in [0.25, 0.3) is 0 Å². The third kappa shape index (κ3) is 2.81. The molecule has 5 aliphatic rings. The van der Waals surface area contributed by atoms with E-state index in [1.807, 2.05) is 6.92 Å². The molecule has 2 N–H and O–H groups in total. The van der Waals surface area contributed by atoms with E-state index in [1.165, 1.54) is 24.0 Å². The number of phenols is 1. The lowest BCUT2D eigenvalue weighted by Gasteiger charge is -2.68. The summed E-state index contributed by atoms with van der Waals surface area (Å²) >= 11 is 0. The van der Waals surface area contributed by atoms with Crippen LogP contribution in [0.3, 0.4) is 0 Å². The Morgan fingerprint density at radius 3 is 2.66 bits per heavy atom. The number of ether oxygens (including phenoxy) is 2. The Morgan fingerprint density at radius 1 is 1.29 bits per heavy atom. The maximum atomic E-state index is 12.2. The summed E-state index contributed by atoms with van der Waals surface area (Å²) in [5.74, 6) is 1.55. The molecule has 7 atom stereocenters. The van der Waals surface area contributed by atoms with Crippen molar-refractivity contribution in [3.63, 3.8) is 0 Å². The summed E-state index contributed by atoms with van der Waals surface area (Å²) in [5.41, 5.74) is 0.680. The van der Waals surface area contributed by atoms with Gasteiger partial charge in [0.05, 0.1) is 11.0 Å². The molecule has 3 aliphatic carbocycles. The minimum absolute atomic E-state index is 0.125. The van der Waals surface area contributed by atoms with Gasteiger partial charge in [-0.1, -0.05) is 32.9 Å². The van der Waals surface area contributed by atoms with Crippen molar-refractivity contribution >= 4 is 0 Å². The topological polar surface area (TPSA) is 62.2 Å². The molecular weight excluding hydrogens is 438 g/mol. The first-order valence-corrected chi connectivity index (χ1v) is 13.7. The van der Waals surface area contributed by atoms with E-state index >= 15 is 0 Å². The lowest BCUT2D eigenvalue weighted by molar-refractivity contribution is -0.226. The molecule has 2 heterocycles. The van der Waals surface area contributed by atoms with Crippen LogP contribution in [0.2, 0.25) is 0 Å². The summed E-state index contributed by atoms with van der Waals surface area (Å²) in [6, 6.07) is 4.23. The summed E-state index contributed by atoms with van der Waals surface area (Å²) in [7, 11) is 1.76. The largest absolute Gasteiger partial charge is 0.504 e. The zero-order chi connectivity index (χ0) is 25.0. The molecule has 0 aromatic heterocycles. The van der Waals surface area contributed by atoms with E-state index in [1.54, 1.807) is 13.2 Å². The molecule has 0 amide bonds. The monoisotopic (exact) mass is 481 g/mol. The number of rotatable bonds is 7. The first kappa shape index (κ1) is 23.8. The van der Waals surface area contributed by atoms with Crippen molar-refractivity contribution in [2.24, 2.45) is 22.7 Å². The summed E-state index contributed by atoms with van der Waals surface area (Å²) in [5, 5.41) is 23.2. The van der Waals surface area contributed by atoms with E-state index < -0.39 is 5.60 Å². The van der Waals surface area contributed by atoms with Crippen molar-refractivity contribution < 1.29 is 19.7 Å². The normalized spacial score (nSPS) is 39.5. The molecule has 1 spiro atoms. The molecule has 3 fully saturated rings. The highest BCUT2D eigenvalue weighted by atomic mass is 16.5. The van der Waals surface area contributed by atoms with Crippen LogP contribution in [0.5, 0.6) is 11.5 Å². The fourth-order valence-corrected chi connectivity index (χ4v) is 8.65. The highest BCUT2D eigenvalue weighted by Crippen LogP contribution is 2.72. The molecule has 6 rings (SSSR count). The number of nitrogens with zero attached hydrogens (tertiary/aromatic N) is 1. The van der Waals surface area contributed by atoms with Gasteiger partial charge in [0.1, 0.15) is 12.2 Å². The zero-order valence-corrected chi connectivity index (χ0v) is 22.1. The second-order valence-electron chi connectivity index (χ2n) is 13.0. The number of methoxy groups -OCH3 is 1. The van der Waals surface area contributed by atoms with Crippen molar-refractivity contribution in [3.8, 4) is 11.5 Å². The fourth-order valence-electron chi connectivity index (χ4n) is 8.65. The Kier molecular flexibility index (Phi) is 5.10. The van der Waals surface area contributed by atoms with E-state index in [-0.39, 0.29) is 40.1 Å². The van der Waals surface area contributed by atoms with Crippen LogP contribution >= 0.6 is 0 Å². The molecule has 2 bridgehead atoms. The number of phenolic OH excluding ortho intramolecular Hbond substituents is 1. The van der Waals surface area contributed by atoms with Gasteiger partial charge in [-0.2, -0.15) is 0 Å². The van der Waals surface area contributed by atoms with Gasteiger partial charge in [0.15, 0.2) is 11.5 Å². The number of piperidine rings is 1. The smallest absolute Gasteiger partial charge is 0.165 e. The van der Waals surface area contributed by atoms with E-state index in [0.717, 1.165) is 44.7 Å². The third-order valence-electron chi connectivity index (χ3n) is 11.5. The Balaban J connectivity index is 1.58. The van der Waals surface area contributed by atoms with Crippen molar-refractivity contribution in [1.29, 1.82) is 0 Å². The Bertz CT molecular complexity index is 1050. The number of hydrogen-bond donors (Lipinski definition) is 2. The van der Waals surface area contributed by atoms with Crippen LogP contribution in [0.4, 0.5) is 0 Å². The van der Waals surface area contributed by atoms with Crippen molar-refractivity contribution in [1.82, 2.24) is 4.90 Å². The molecule has 0 radical (unpaired) electrons. The van der Waals surface area contributed by atoms with Crippen LogP contribution in [0.25, 0.3) is 0 Å². The van der Waals surface area contributed by atoms with Gasteiger partial charge >= 0.3 is 0 Å². The molecular formula is C30H43NO4. The molecule has 1 aromatic rings. The van der Waals surface area contributed by atoms with Gasteiger partial charge in [-0.3, -0.25) is 4.90 Å². The van der Waals surface area contributed by atoms with E-state index in [2.05, 4.69) is 44.4 Å². The van der Waals surface area contributed by atoms with Crippen LogP contribution in [-0.2, 0) is 16.6 Å². The molecule has 2 aliphatic heterocycles. The number of benzene rings is 1. The maximum Gasteiger partial charge on any atom is 0.165 e. The third-order valence-corrected chi connectivity index (χ3v) is 11.5. The molecule has 35 heavy (non-hydrogen) atoms. The van der Waals surface area contributed by atoms with Gasteiger partial charge in [0.2, 0.25) is 0 Å². The van der Waals surface area contributed by atoms with Crippen LogP contribution in [0.1, 0.15) is 70.9 Å². The zero-order valence-electron chi connectivity index (χ0n) is 22.1. The van der Waals surface area contributed by atoms with E-state index in [4.69, 9.17) is 9.47 Å². The number of aliphatic hydroxyl groups is 1. The average molecular weight is 482 g/mol. The van der Waals surface area contributed by atoms with Gasteiger partial charge < -0.3 is 19.7 Å². The lowest BCUT2D eigenvalue weighted by atomic mass is 9.40. The molecule has 5 heteroatoms. The second-order valence-corrected chi connectivity index (χ2v) is 13.0. The number of likely N-dealkylation sites (tertiary alicyclic amines) is 1. The van der Waals surface area contributed by atoms with Crippen LogP contribution < -0.4 is 4.74 Å². The summed E-state index contributed by atoms with van der Waals surface area (Å²) in [6.45, 7) is 15.2. The minimum atomic E-state index is -0.962. The van der Waals surface area contributed by atoms with Crippen LogP contribution in [0, 0.1) is 22.7 Å². The minimum Gasteiger partial charge on any atom is -0.504 e. The highest BCUT2D eigenvalue weighted by molar-refractivity contribution is 5.63. The quantitative estimate of drug-likeness (QED) is 0.547.